The molecule has 0 spiro atoms. The number of rotatable bonds is 2. The zero-order valence-electron chi connectivity index (χ0n) is 12.0. The second kappa shape index (κ2) is 5.55. The van der Waals surface area contributed by atoms with Crippen molar-refractivity contribution in [3.63, 3.8) is 0 Å². The highest BCUT2D eigenvalue weighted by Crippen LogP contribution is 2.33. The van der Waals surface area contributed by atoms with Gasteiger partial charge in [0.15, 0.2) is 11.6 Å². The monoisotopic (exact) mass is 357 g/mol. The van der Waals surface area contributed by atoms with Crippen molar-refractivity contribution in [1.29, 1.82) is 0 Å². The predicted octanol–water partition coefficient (Wildman–Crippen LogP) is 4.43. The van der Waals surface area contributed by atoms with Crippen molar-refractivity contribution in [1.82, 2.24) is 14.8 Å². The Morgan fingerprint density at radius 1 is 1.25 bits per heavy atom. The molecule has 0 unspecified atom stereocenters. The molecule has 0 aliphatic carbocycles. The van der Waals surface area contributed by atoms with E-state index in [0.717, 1.165) is 16.8 Å². The molecule has 0 fully saturated rings. The van der Waals surface area contributed by atoms with Crippen LogP contribution in [-0.2, 0) is 6.18 Å². The Bertz CT molecular complexity index is 965. The van der Waals surface area contributed by atoms with Crippen molar-refractivity contribution in [2.45, 2.75) is 13.1 Å². The summed E-state index contributed by atoms with van der Waals surface area (Å²) in [5.41, 5.74) is -0.803. The number of nitrogens with zero attached hydrogens (tertiary/aromatic N) is 3. The number of pyridine rings is 1. The lowest BCUT2D eigenvalue weighted by atomic mass is 10.1. The molecule has 9 heteroatoms. The quantitative estimate of drug-likeness (QED) is 0.503. The molecule has 0 radical (unpaired) electrons. The molecule has 0 aliphatic heterocycles. The normalized spacial score (nSPS) is 11.9. The Morgan fingerprint density at radius 3 is 2.54 bits per heavy atom. The number of hydrogen-bond donors (Lipinski definition) is 0. The first-order chi connectivity index (χ1) is 11.2. The fourth-order valence-electron chi connectivity index (χ4n) is 2.25. The van der Waals surface area contributed by atoms with Crippen LogP contribution in [0.1, 0.15) is 23.0 Å². The van der Waals surface area contributed by atoms with Gasteiger partial charge in [-0.2, -0.15) is 18.3 Å². The Kier molecular flexibility index (Phi) is 3.79. The van der Waals surface area contributed by atoms with Gasteiger partial charge >= 0.3 is 6.18 Å². The average Bonchev–Trinajstić information content (AvgIpc) is 2.85. The molecular formula is C15H8ClF4N3O. The van der Waals surface area contributed by atoms with Crippen molar-refractivity contribution in [2.24, 2.45) is 0 Å². The summed E-state index contributed by atoms with van der Waals surface area (Å²) >= 11 is 5.90. The lowest BCUT2D eigenvalue weighted by molar-refractivity contribution is -0.137. The van der Waals surface area contributed by atoms with E-state index in [-0.39, 0.29) is 27.8 Å². The van der Waals surface area contributed by atoms with Gasteiger partial charge in [0.1, 0.15) is 11.5 Å². The molecule has 2 aromatic heterocycles. The number of aromatic nitrogens is 3. The number of halogens is 5. The Hall–Kier alpha value is -2.48. The van der Waals surface area contributed by atoms with Gasteiger partial charge in [0.25, 0.3) is 0 Å². The molecule has 0 saturated heterocycles. The largest absolute Gasteiger partial charge is 0.417 e. The van der Waals surface area contributed by atoms with Crippen LogP contribution in [0.15, 0.2) is 30.5 Å². The number of carbonyl (C=O) groups is 1. The van der Waals surface area contributed by atoms with Crippen LogP contribution in [0.4, 0.5) is 17.6 Å². The second-order valence-corrected chi connectivity index (χ2v) is 5.41. The molecule has 24 heavy (non-hydrogen) atoms. The molecule has 3 rings (SSSR count). The molecule has 0 N–H and O–H groups in total. The van der Waals surface area contributed by atoms with Gasteiger partial charge < -0.3 is 0 Å². The third-order valence-electron chi connectivity index (χ3n) is 3.33. The van der Waals surface area contributed by atoms with Gasteiger partial charge in [-0.3, -0.25) is 4.79 Å². The minimum Gasteiger partial charge on any atom is -0.293 e. The highest BCUT2D eigenvalue weighted by molar-refractivity contribution is 6.32. The fourth-order valence-corrected chi connectivity index (χ4v) is 2.50. The van der Waals surface area contributed by atoms with Crippen LogP contribution in [0.3, 0.4) is 0 Å². The summed E-state index contributed by atoms with van der Waals surface area (Å²) < 4.78 is 52.7. The number of alkyl halides is 3. The molecule has 0 aliphatic rings. The van der Waals surface area contributed by atoms with Crippen LogP contribution in [-0.4, -0.2) is 20.5 Å². The molecular weight excluding hydrogens is 350 g/mol. The standard InChI is InChI=1S/C15H8ClF4N3O/c1-7(24)13-10-3-2-9(17)5-12(10)23(22-13)14-11(16)4-8(6-21-14)15(18,19)20/h2-6H,1H3. The SMILES string of the molecule is CC(=O)c1nn(-c2ncc(C(F)(F)F)cc2Cl)c2cc(F)ccc12. The van der Waals surface area contributed by atoms with E-state index in [9.17, 15) is 22.4 Å². The Balaban J connectivity index is 2.27. The van der Waals surface area contributed by atoms with Crippen molar-refractivity contribution < 1.29 is 22.4 Å². The van der Waals surface area contributed by atoms with E-state index in [1.165, 1.54) is 13.0 Å². The van der Waals surface area contributed by atoms with Crippen LogP contribution in [0.5, 0.6) is 0 Å². The third-order valence-corrected chi connectivity index (χ3v) is 3.60. The van der Waals surface area contributed by atoms with Crippen molar-refractivity contribution in [2.75, 3.05) is 0 Å². The van der Waals surface area contributed by atoms with E-state index in [1.807, 2.05) is 0 Å². The van der Waals surface area contributed by atoms with E-state index >= 15 is 0 Å². The van der Waals surface area contributed by atoms with Gasteiger partial charge in [0, 0.05) is 24.6 Å². The summed E-state index contributed by atoms with van der Waals surface area (Å²) in [5.74, 6) is -1.11. The average molecular weight is 358 g/mol. The maximum Gasteiger partial charge on any atom is 0.417 e. The molecule has 1 aromatic carbocycles. The molecule has 3 aromatic rings. The van der Waals surface area contributed by atoms with E-state index < -0.39 is 17.6 Å². The Morgan fingerprint density at radius 2 is 1.96 bits per heavy atom. The first kappa shape index (κ1) is 16.4. The fraction of sp³-hybridized carbons (Fsp3) is 0.133. The summed E-state index contributed by atoms with van der Waals surface area (Å²) in [6.07, 6.45) is -4.00. The zero-order valence-corrected chi connectivity index (χ0v) is 12.8. The van der Waals surface area contributed by atoms with Gasteiger partial charge in [0.05, 0.1) is 16.1 Å². The minimum absolute atomic E-state index is 0.0442. The lowest BCUT2D eigenvalue weighted by Crippen LogP contribution is -2.08. The third kappa shape index (κ3) is 2.73. The first-order valence-electron chi connectivity index (χ1n) is 6.61. The van der Waals surface area contributed by atoms with Crippen LogP contribution in [0.2, 0.25) is 5.02 Å². The van der Waals surface area contributed by atoms with Gasteiger partial charge in [-0.1, -0.05) is 11.6 Å². The summed E-state index contributed by atoms with van der Waals surface area (Å²) in [7, 11) is 0. The Labute approximate surface area is 137 Å². The van der Waals surface area contributed by atoms with E-state index in [1.54, 1.807) is 0 Å². The number of ketones is 1. The first-order valence-corrected chi connectivity index (χ1v) is 6.98. The lowest BCUT2D eigenvalue weighted by Gasteiger charge is -2.09. The highest BCUT2D eigenvalue weighted by atomic mass is 35.5. The number of fused-ring (bicyclic) bond motifs is 1. The molecule has 2 heterocycles. The number of carbonyl (C=O) groups excluding carboxylic acids is 1. The number of hydrogen-bond acceptors (Lipinski definition) is 3. The molecule has 0 saturated carbocycles. The van der Waals surface area contributed by atoms with Crippen molar-refractivity contribution in [3.8, 4) is 5.82 Å². The molecule has 0 amide bonds. The molecule has 0 atom stereocenters. The minimum atomic E-state index is -4.60. The number of benzene rings is 1. The highest BCUT2D eigenvalue weighted by Gasteiger charge is 2.32. The van der Waals surface area contributed by atoms with Gasteiger partial charge in [-0.05, 0) is 18.2 Å². The van der Waals surface area contributed by atoms with E-state index in [4.69, 9.17) is 11.6 Å². The number of Topliss-reactive ketones (excluding diaryl/α,β-unsaturated/α-hetero) is 1. The molecule has 0 bridgehead atoms. The maximum atomic E-state index is 13.5. The topological polar surface area (TPSA) is 47.8 Å². The smallest absolute Gasteiger partial charge is 0.293 e. The van der Waals surface area contributed by atoms with Crippen LogP contribution in [0.25, 0.3) is 16.7 Å². The molecule has 4 nitrogen and oxygen atoms in total. The molecule has 124 valence electrons. The summed E-state index contributed by atoms with van der Waals surface area (Å²) in [6.45, 7) is 1.28. The maximum absolute atomic E-state index is 13.5. The zero-order chi connectivity index (χ0) is 17.6. The van der Waals surface area contributed by atoms with Crippen molar-refractivity contribution in [3.05, 3.63) is 52.6 Å². The van der Waals surface area contributed by atoms with Crippen LogP contribution >= 0.6 is 11.6 Å². The van der Waals surface area contributed by atoms with Crippen LogP contribution in [0, 0.1) is 5.82 Å². The van der Waals surface area contributed by atoms with Crippen LogP contribution < -0.4 is 0 Å². The predicted molar refractivity (Wildman–Crippen MR) is 78.8 cm³/mol. The summed E-state index contributed by atoms with van der Waals surface area (Å²) in [5, 5.41) is 4.05. The van der Waals surface area contributed by atoms with Gasteiger partial charge in [0.2, 0.25) is 0 Å². The van der Waals surface area contributed by atoms with E-state index in [2.05, 4.69) is 10.1 Å². The van der Waals surface area contributed by atoms with E-state index in [0.29, 0.717) is 17.6 Å². The van der Waals surface area contributed by atoms with Gasteiger partial charge in [-0.15, -0.1) is 0 Å². The van der Waals surface area contributed by atoms with Gasteiger partial charge in [-0.25, -0.2) is 14.1 Å². The van der Waals surface area contributed by atoms with Crippen molar-refractivity contribution >= 4 is 28.3 Å². The summed E-state index contributed by atoms with van der Waals surface area (Å²) in [4.78, 5) is 15.4. The summed E-state index contributed by atoms with van der Waals surface area (Å²) in [6, 6.07) is 4.32. The second-order valence-electron chi connectivity index (χ2n) is 5.01.